The van der Waals surface area contributed by atoms with E-state index in [2.05, 4.69) is 0 Å². The Morgan fingerprint density at radius 2 is 2.15 bits per heavy atom. The lowest BCUT2D eigenvalue weighted by Gasteiger charge is -2.19. The van der Waals surface area contributed by atoms with E-state index in [9.17, 15) is 4.79 Å². The van der Waals surface area contributed by atoms with Gasteiger partial charge in [0, 0.05) is 5.75 Å². The number of rotatable bonds is 7. The molecule has 1 heterocycles. The third kappa shape index (κ3) is 4.57. The molecule has 2 aromatic carbocycles. The number of nitrogens with two attached hydrogens (primary N) is 1. The molecule has 0 bridgehead atoms. The number of ether oxygens (including phenoxy) is 3. The predicted molar refractivity (Wildman–Crippen MR) is 109 cm³/mol. The second kappa shape index (κ2) is 8.86. The summed E-state index contributed by atoms with van der Waals surface area (Å²) in [4.78, 5) is 13.8. The van der Waals surface area contributed by atoms with Crippen molar-refractivity contribution in [2.75, 3.05) is 31.8 Å². The average molecular weight is 385 g/mol. The molecule has 0 amide bonds. The molecule has 1 aliphatic rings. The fraction of sp³-hybridized carbons (Fsp3) is 0.286. The molecule has 2 aromatic rings. The van der Waals surface area contributed by atoms with E-state index >= 15 is 0 Å². The standard InChI is InChI=1S/C21H23NO4S/c1-3-8-25-19-13-21-20(26-9-10-27-21)12-15(19)17(23)6-4-14-5-7-18(24-2)16(22)11-14/h4-7,11-13H,3,8-10,22H2,1-2H3. The summed E-state index contributed by atoms with van der Waals surface area (Å²) < 4.78 is 16.7. The smallest absolute Gasteiger partial charge is 0.189 e. The van der Waals surface area contributed by atoms with Crippen molar-refractivity contribution in [3.05, 3.63) is 47.5 Å². The van der Waals surface area contributed by atoms with E-state index in [0.29, 0.717) is 36.0 Å². The highest BCUT2D eigenvalue weighted by Gasteiger charge is 2.19. The van der Waals surface area contributed by atoms with Crippen molar-refractivity contribution in [2.45, 2.75) is 18.2 Å². The molecule has 0 atom stereocenters. The van der Waals surface area contributed by atoms with Gasteiger partial charge < -0.3 is 19.9 Å². The summed E-state index contributed by atoms with van der Waals surface area (Å²) in [6.07, 6.45) is 4.13. The van der Waals surface area contributed by atoms with Crippen LogP contribution in [0.1, 0.15) is 29.3 Å². The molecule has 6 heteroatoms. The molecular formula is C21H23NO4S. The van der Waals surface area contributed by atoms with Gasteiger partial charge in [0.15, 0.2) is 5.78 Å². The van der Waals surface area contributed by atoms with Crippen LogP contribution in [0.3, 0.4) is 0 Å². The van der Waals surface area contributed by atoms with Gasteiger partial charge in [-0.1, -0.05) is 19.1 Å². The maximum atomic E-state index is 12.8. The van der Waals surface area contributed by atoms with Gasteiger partial charge in [-0.3, -0.25) is 4.79 Å². The first-order valence-corrected chi connectivity index (χ1v) is 9.83. The largest absolute Gasteiger partial charge is 0.495 e. The summed E-state index contributed by atoms with van der Waals surface area (Å²) in [6, 6.07) is 9.08. The van der Waals surface area contributed by atoms with E-state index in [0.717, 1.165) is 28.4 Å². The zero-order valence-corrected chi connectivity index (χ0v) is 16.3. The van der Waals surface area contributed by atoms with Crippen LogP contribution < -0.4 is 19.9 Å². The molecule has 0 aliphatic carbocycles. The number of hydrogen-bond acceptors (Lipinski definition) is 6. The van der Waals surface area contributed by atoms with E-state index in [1.165, 1.54) is 6.08 Å². The van der Waals surface area contributed by atoms with Crippen LogP contribution in [-0.4, -0.2) is 31.9 Å². The first-order chi connectivity index (χ1) is 13.1. The van der Waals surface area contributed by atoms with Crippen LogP contribution in [-0.2, 0) is 0 Å². The van der Waals surface area contributed by atoms with E-state index in [-0.39, 0.29) is 5.78 Å². The van der Waals surface area contributed by atoms with Crippen molar-refractivity contribution < 1.29 is 19.0 Å². The quantitative estimate of drug-likeness (QED) is 0.431. The van der Waals surface area contributed by atoms with Gasteiger partial charge in [-0.05, 0) is 42.3 Å². The van der Waals surface area contributed by atoms with Crippen molar-refractivity contribution in [3.8, 4) is 17.2 Å². The molecule has 0 saturated carbocycles. The fourth-order valence-electron chi connectivity index (χ4n) is 2.71. The molecular weight excluding hydrogens is 362 g/mol. The van der Waals surface area contributed by atoms with Crippen molar-refractivity contribution in [3.63, 3.8) is 0 Å². The van der Waals surface area contributed by atoms with E-state index in [1.807, 2.05) is 19.1 Å². The van der Waals surface area contributed by atoms with Gasteiger partial charge in [0.05, 0.1) is 36.5 Å². The van der Waals surface area contributed by atoms with E-state index in [1.54, 1.807) is 43.1 Å². The minimum atomic E-state index is -0.141. The Bertz CT molecular complexity index is 864. The third-order valence-corrected chi connectivity index (χ3v) is 5.05. The monoisotopic (exact) mass is 385 g/mol. The Hall–Kier alpha value is -2.60. The number of ketones is 1. The number of carbonyl (C=O) groups excluding carboxylic acids is 1. The van der Waals surface area contributed by atoms with Gasteiger partial charge >= 0.3 is 0 Å². The molecule has 27 heavy (non-hydrogen) atoms. The van der Waals surface area contributed by atoms with Crippen LogP contribution in [0.25, 0.3) is 6.08 Å². The molecule has 0 spiro atoms. The van der Waals surface area contributed by atoms with Crippen molar-refractivity contribution in [1.29, 1.82) is 0 Å². The number of methoxy groups -OCH3 is 1. The van der Waals surface area contributed by atoms with E-state index in [4.69, 9.17) is 19.9 Å². The summed E-state index contributed by atoms with van der Waals surface area (Å²) in [7, 11) is 1.57. The number of fused-ring (bicyclic) bond motifs is 1. The SMILES string of the molecule is CCCOc1cc2c(cc1C(=O)C=Cc1ccc(OC)c(N)c1)OCCS2. The minimum Gasteiger partial charge on any atom is -0.495 e. The highest BCUT2D eigenvalue weighted by Crippen LogP contribution is 2.38. The van der Waals surface area contributed by atoms with Crippen LogP contribution in [0, 0.1) is 0 Å². The van der Waals surface area contributed by atoms with Crippen LogP contribution in [0.15, 0.2) is 41.3 Å². The number of anilines is 1. The van der Waals surface area contributed by atoms with Gasteiger partial charge in [-0.25, -0.2) is 0 Å². The number of carbonyl (C=O) groups is 1. The first-order valence-electron chi connectivity index (χ1n) is 8.84. The lowest BCUT2D eigenvalue weighted by atomic mass is 10.1. The summed E-state index contributed by atoms with van der Waals surface area (Å²) in [6.45, 7) is 3.23. The minimum absolute atomic E-state index is 0.141. The van der Waals surface area contributed by atoms with Gasteiger partial charge in [0.1, 0.15) is 17.2 Å². The maximum absolute atomic E-state index is 12.8. The Morgan fingerprint density at radius 1 is 1.30 bits per heavy atom. The van der Waals surface area contributed by atoms with Crippen molar-refractivity contribution in [1.82, 2.24) is 0 Å². The lowest BCUT2D eigenvalue weighted by Crippen LogP contribution is -2.10. The molecule has 0 fully saturated rings. The molecule has 1 aliphatic heterocycles. The number of allylic oxidation sites excluding steroid dienone is 1. The summed E-state index contributed by atoms with van der Waals surface area (Å²) >= 11 is 1.71. The Labute approximate surface area is 163 Å². The average Bonchev–Trinajstić information content (AvgIpc) is 2.69. The Morgan fingerprint density at radius 3 is 2.89 bits per heavy atom. The Kier molecular flexibility index (Phi) is 6.29. The molecule has 0 unspecified atom stereocenters. The second-order valence-electron chi connectivity index (χ2n) is 6.04. The molecule has 142 valence electrons. The predicted octanol–water partition coefficient (Wildman–Crippen LogP) is 4.45. The summed E-state index contributed by atoms with van der Waals surface area (Å²) in [5.74, 6) is 2.69. The second-order valence-corrected chi connectivity index (χ2v) is 7.18. The summed E-state index contributed by atoms with van der Waals surface area (Å²) in [5, 5.41) is 0. The van der Waals surface area contributed by atoms with Gasteiger partial charge in [-0.2, -0.15) is 0 Å². The zero-order valence-electron chi connectivity index (χ0n) is 15.5. The van der Waals surface area contributed by atoms with E-state index < -0.39 is 0 Å². The number of benzene rings is 2. The highest BCUT2D eigenvalue weighted by atomic mass is 32.2. The molecule has 5 nitrogen and oxygen atoms in total. The number of hydrogen-bond donors (Lipinski definition) is 1. The molecule has 2 N–H and O–H groups in total. The van der Waals surface area contributed by atoms with Gasteiger partial charge in [-0.15, -0.1) is 11.8 Å². The van der Waals surface area contributed by atoms with Gasteiger partial charge in [0.25, 0.3) is 0 Å². The summed E-state index contributed by atoms with van der Waals surface area (Å²) in [5.41, 5.74) is 7.77. The molecule has 0 radical (unpaired) electrons. The molecule has 3 rings (SSSR count). The van der Waals surface area contributed by atoms with Crippen LogP contribution >= 0.6 is 11.8 Å². The third-order valence-electron chi connectivity index (χ3n) is 4.05. The van der Waals surface area contributed by atoms with Crippen molar-refractivity contribution in [2.24, 2.45) is 0 Å². The fourth-order valence-corrected chi connectivity index (χ4v) is 3.55. The maximum Gasteiger partial charge on any atom is 0.189 e. The van der Waals surface area contributed by atoms with Crippen LogP contribution in [0.4, 0.5) is 5.69 Å². The zero-order chi connectivity index (χ0) is 19.2. The topological polar surface area (TPSA) is 70.8 Å². The Balaban J connectivity index is 1.87. The van der Waals surface area contributed by atoms with Gasteiger partial charge in [0.2, 0.25) is 0 Å². The van der Waals surface area contributed by atoms with Crippen LogP contribution in [0.5, 0.6) is 17.2 Å². The van der Waals surface area contributed by atoms with Crippen molar-refractivity contribution >= 4 is 29.3 Å². The van der Waals surface area contributed by atoms with Crippen LogP contribution in [0.2, 0.25) is 0 Å². The normalized spacial score (nSPS) is 13.1. The first kappa shape index (κ1) is 19.2. The highest BCUT2D eigenvalue weighted by molar-refractivity contribution is 7.99. The number of thioether (sulfide) groups is 1. The molecule has 0 saturated heterocycles. The lowest BCUT2D eigenvalue weighted by molar-refractivity contribution is 0.104. The number of nitrogen functional groups attached to an aromatic ring is 1. The molecule has 0 aromatic heterocycles.